The van der Waals surface area contributed by atoms with E-state index in [4.69, 9.17) is 4.74 Å². The first-order chi connectivity index (χ1) is 9.63. The smallest absolute Gasteiger partial charge is 0.147 e. The summed E-state index contributed by atoms with van der Waals surface area (Å²) in [6, 6.07) is 14.0. The standard InChI is InChI=1S/C15H11Br2NOS/c1-9(19-13-7-6-10(16)8-11(13)17)15-18-12-4-2-3-5-14(12)20-15/h2-9H,1H3. The first-order valence-corrected chi connectivity index (χ1v) is 8.51. The Balaban J connectivity index is 1.86. The van der Waals surface area contributed by atoms with Crippen LogP contribution in [-0.4, -0.2) is 4.98 Å². The van der Waals surface area contributed by atoms with Gasteiger partial charge in [-0.05, 0) is 53.2 Å². The first-order valence-electron chi connectivity index (χ1n) is 6.10. The molecule has 0 N–H and O–H groups in total. The number of benzene rings is 2. The van der Waals surface area contributed by atoms with Crippen LogP contribution in [0.1, 0.15) is 18.0 Å². The first kappa shape index (κ1) is 14.0. The van der Waals surface area contributed by atoms with Gasteiger partial charge in [0.1, 0.15) is 16.9 Å². The zero-order valence-corrected chi connectivity index (χ0v) is 14.6. The van der Waals surface area contributed by atoms with Gasteiger partial charge in [0.05, 0.1) is 14.7 Å². The van der Waals surface area contributed by atoms with Crippen molar-refractivity contribution in [1.29, 1.82) is 0 Å². The minimum Gasteiger partial charge on any atom is -0.482 e. The van der Waals surface area contributed by atoms with Crippen LogP contribution in [0, 0.1) is 0 Å². The van der Waals surface area contributed by atoms with Crippen LogP contribution in [0.15, 0.2) is 51.4 Å². The molecule has 5 heteroatoms. The Morgan fingerprint density at radius 1 is 1.15 bits per heavy atom. The second-order valence-corrected chi connectivity index (χ2v) is 7.19. The number of halogens is 2. The van der Waals surface area contributed by atoms with Gasteiger partial charge in [-0.3, -0.25) is 0 Å². The van der Waals surface area contributed by atoms with Crippen molar-refractivity contribution in [3.63, 3.8) is 0 Å². The molecular formula is C15H11Br2NOS. The number of rotatable bonds is 3. The molecule has 0 saturated heterocycles. The zero-order valence-electron chi connectivity index (χ0n) is 10.6. The molecule has 0 radical (unpaired) electrons. The Kier molecular flexibility index (Phi) is 4.10. The van der Waals surface area contributed by atoms with Gasteiger partial charge in [0, 0.05) is 4.47 Å². The normalized spacial score (nSPS) is 12.6. The Morgan fingerprint density at radius 3 is 2.70 bits per heavy atom. The van der Waals surface area contributed by atoms with E-state index in [1.807, 2.05) is 43.3 Å². The Labute approximate surface area is 138 Å². The highest BCUT2D eigenvalue weighted by Crippen LogP contribution is 2.33. The maximum Gasteiger partial charge on any atom is 0.147 e. The maximum absolute atomic E-state index is 6.00. The molecule has 1 unspecified atom stereocenters. The summed E-state index contributed by atoms with van der Waals surface area (Å²) in [7, 11) is 0. The van der Waals surface area contributed by atoms with Crippen molar-refractivity contribution in [2.75, 3.05) is 0 Å². The van der Waals surface area contributed by atoms with Crippen LogP contribution in [0.5, 0.6) is 5.75 Å². The second-order valence-electron chi connectivity index (χ2n) is 4.35. The number of para-hydroxylation sites is 1. The van der Waals surface area contributed by atoms with Gasteiger partial charge in [-0.2, -0.15) is 0 Å². The molecule has 2 aromatic carbocycles. The Bertz CT molecular complexity index is 723. The molecular weight excluding hydrogens is 402 g/mol. The van der Waals surface area contributed by atoms with Gasteiger partial charge in [-0.25, -0.2) is 4.98 Å². The molecule has 3 rings (SSSR count). The van der Waals surface area contributed by atoms with E-state index in [1.165, 1.54) is 4.70 Å². The van der Waals surface area contributed by atoms with E-state index >= 15 is 0 Å². The number of ether oxygens (including phenoxy) is 1. The molecule has 2 nitrogen and oxygen atoms in total. The van der Waals surface area contributed by atoms with Crippen LogP contribution in [0.2, 0.25) is 0 Å². The minimum absolute atomic E-state index is 0.0788. The highest BCUT2D eigenvalue weighted by molar-refractivity contribution is 9.11. The lowest BCUT2D eigenvalue weighted by atomic mass is 10.3. The van der Waals surface area contributed by atoms with E-state index in [2.05, 4.69) is 42.9 Å². The van der Waals surface area contributed by atoms with Crippen molar-refractivity contribution >= 4 is 53.4 Å². The van der Waals surface area contributed by atoms with E-state index in [0.717, 1.165) is 25.2 Å². The molecule has 0 aliphatic carbocycles. The number of thiazole rings is 1. The lowest BCUT2D eigenvalue weighted by Gasteiger charge is -2.13. The predicted octanol–water partition coefficient (Wildman–Crippen LogP) is 5.96. The van der Waals surface area contributed by atoms with Gasteiger partial charge >= 0.3 is 0 Å². The second kappa shape index (κ2) is 5.84. The molecule has 0 fully saturated rings. The van der Waals surface area contributed by atoms with Crippen LogP contribution in [0.25, 0.3) is 10.2 Å². The molecule has 0 bridgehead atoms. The van der Waals surface area contributed by atoms with Gasteiger partial charge in [0.2, 0.25) is 0 Å². The summed E-state index contributed by atoms with van der Waals surface area (Å²) in [5.41, 5.74) is 1.03. The summed E-state index contributed by atoms with van der Waals surface area (Å²) in [6.45, 7) is 2.02. The molecule has 3 aromatic rings. The maximum atomic E-state index is 6.00. The van der Waals surface area contributed by atoms with E-state index < -0.39 is 0 Å². The van der Waals surface area contributed by atoms with Crippen LogP contribution >= 0.6 is 43.2 Å². The largest absolute Gasteiger partial charge is 0.482 e. The van der Waals surface area contributed by atoms with E-state index in [-0.39, 0.29) is 6.10 Å². The third-order valence-corrected chi connectivity index (χ3v) is 5.17. The van der Waals surface area contributed by atoms with Crippen LogP contribution < -0.4 is 4.74 Å². The summed E-state index contributed by atoms with van der Waals surface area (Å²) >= 11 is 8.62. The van der Waals surface area contributed by atoms with Crippen LogP contribution in [0.3, 0.4) is 0 Å². The number of hydrogen-bond donors (Lipinski definition) is 0. The summed E-state index contributed by atoms with van der Waals surface area (Å²) in [5, 5.41) is 0.987. The van der Waals surface area contributed by atoms with Crippen molar-refractivity contribution < 1.29 is 4.74 Å². The summed E-state index contributed by atoms with van der Waals surface area (Å²) in [4.78, 5) is 4.62. The fourth-order valence-electron chi connectivity index (χ4n) is 1.88. The van der Waals surface area contributed by atoms with Gasteiger partial charge in [-0.1, -0.05) is 28.1 Å². The minimum atomic E-state index is -0.0788. The van der Waals surface area contributed by atoms with E-state index in [0.29, 0.717) is 0 Å². The fraction of sp³-hybridized carbons (Fsp3) is 0.133. The van der Waals surface area contributed by atoms with Gasteiger partial charge in [-0.15, -0.1) is 11.3 Å². The monoisotopic (exact) mass is 411 g/mol. The number of fused-ring (bicyclic) bond motifs is 1. The molecule has 20 heavy (non-hydrogen) atoms. The van der Waals surface area contributed by atoms with Crippen molar-refractivity contribution in [3.05, 3.63) is 56.4 Å². The third kappa shape index (κ3) is 2.90. The average Bonchev–Trinajstić information content (AvgIpc) is 2.86. The predicted molar refractivity (Wildman–Crippen MR) is 90.5 cm³/mol. The van der Waals surface area contributed by atoms with Crippen molar-refractivity contribution in [2.24, 2.45) is 0 Å². The third-order valence-electron chi connectivity index (χ3n) is 2.86. The topological polar surface area (TPSA) is 22.1 Å². The molecule has 1 aromatic heterocycles. The molecule has 102 valence electrons. The van der Waals surface area contributed by atoms with E-state index in [1.54, 1.807) is 11.3 Å². The summed E-state index contributed by atoms with van der Waals surface area (Å²) in [6.07, 6.45) is -0.0788. The Morgan fingerprint density at radius 2 is 1.95 bits per heavy atom. The number of nitrogens with zero attached hydrogens (tertiary/aromatic N) is 1. The molecule has 0 saturated carbocycles. The molecule has 0 aliphatic rings. The molecule has 0 spiro atoms. The van der Waals surface area contributed by atoms with Crippen molar-refractivity contribution in [3.8, 4) is 5.75 Å². The average molecular weight is 413 g/mol. The molecule has 0 aliphatic heterocycles. The molecule has 1 heterocycles. The quantitative estimate of drug-likeness (QED) is 0.529. The van der Waals surface area contributed by atoms with Crippen LogP contribution in [-0.2, 0) is 0 Å². The summed E-state index contributed by atoms with van der Waals surface area (Å²) < 4.78 is 9.13. The van der Waals surface area contributed by atoms with Crippen molar-refractivity contribution in [1.82, 2.24) is 4.98 Å². The molecule has 1 atom stereocenters. The van der Waals surface area contributed by atoms with Crippen LogP contribution in [0.4, 0.5) is 0 Å². The lowest BCUT2D eigenvalue weighted by Crippen LogP contribution is -2.02. The highest BCUT2D eigenvalue weighted by atomic mass is 79.9. The SMILES string of the molecule is CC(Oc1ccc(Br)cc1Br)c1nc2ccccc2s1. The van der Waals surface area contributed by atoms with Gasteiger partial charge < -0.3 is 4.74 Å². The Hall–Kier alpha value is -0.910. The fourth-order valence-corrected chi connectivity index (χ4v) is 3.96. The van der Waals surface area contributed by atoms with Crippen molar-refractivity contribution in [2.45, 2.75) is 13.0 Å². The van der Waals surface area contributed by atoms with Gasteiger partial charge in [0.15, 0.2) is 0 Å². The zero-order chi connectivity index (χ0) is 14.1. The number of hydrogen-bond acceptors (Lipinski definition) is 3. The van der Waals surface area contributed by atoms with Gasteiger partial charge in [0.25, 0.3) is 0 Å². The van der Waals surface area contributed by atoms with E-state index in [9.17, 15) is 0 Å². The molecule has 0 amide bonds. The highest BCUT2D eigenvalue weighted by Gasteiger charge is 2.14. The number of aromatic nitrogens is 1. The lowest BCUT2D eigenvalue weighted by molar-refractivity contribution is 0.225. The summed E-state index contributed by atoms with van der Waals surface area (Å²) in [5.74, 6) is 0.819.